The molecule has 0 aromatic carbocycles. The van der Waals surface area contributed by atoms with Gasteiger partial charge >= 0.3 is 6.18 Å². The highest BCUT2D eigenvalue weighted by Gasteiger charge is 2.39. The van der Waals surface area contributed by atoms with Gasteiger partial charge in [0.25, 0.3) is 0 Å². The minimum absolute atomic E-state index is 0.356. The van der Waals surface area contributed by atoms with Crippen molar-refractivity contribution < 1.29 is 13.2 Å². The van der Waals surface area contributed by atoms with E-state index in [1.165, 1.54) is 55.5 Å². The van der Waals surface area contributed by atoms with E-state index in [0.717, 1.165) is 31.6 Å². The van der Waals surface area contributed by atoms with Crippen molar-refractivity contribution in [2.75, 3.05) is 13.1 Å². The Morgan fingerprint density at radius 3 is 2.27 bits per heavy atom. The van der Waals surface area contributed by atoms with Crippen molar-refractivity contribution in [3.05, 3.63) is 46.7 Å². The fourth-order valence-corrected chi connectivity index (χ4v) is 5.50. The molecular formula is C28H45F3N2. The standard InChI is InChI=1S/C28H45F3N2/c1-4-9-26(24(5-2)16-21-10-7-8-11-21)17-22-12-14-25(15-13-22)27(28(29,30)31)18-23(19-32)20-33-6-3/h9,17-19,21,24-25,33H,4-8,10-16,20,32H2,1-3H3/b22-17?,23-19+,26-9+,27-18+. The summed E-state index contributed by atoms with van der Waals surface area (Å²) in [6.45, 7) is 7.42. The Morgan fingerprint density at radius 1 is 1.09 bits per heavy atom. The number of halogens is 3. The van der Waals surface area contributed by atoms with Crippen LogP contribution in [-0.4, -0.2) is 19.3 Å². The maximum atomic E-state index is 13.9. The molecule has 0 heterocycles. The zero-order valence-electron chi connectivity index (χ0n) is 20.9. The molecule has 1 unspecified atom stereocenters. The number of alkyl halides is 3. The number of hydrogen-bond acceptors (Lipinski definition) is 2. The summed E-state index contributed by atoms with van der Waals surface area (Å²) in [5.41, 5.74) is 8.43. The van der Waals surface area contributed by atoms with E-state index >= 15 is 0 Å². The molecule has 2 nitrogen and oxygen atoms in total. The third-order valence-corrected chi connectivity index (χ3v) is 7.40. The van der Waals surface area contributed by atoms with Crippen LogP contribution < -0.4 is 11.1 Å². The molecule has 0 spiro atoms. The molecule has 1 atom stereocenters. The van der Waals surface area contributed by atoms with Crippen molar-refractivity contribution in [3.63, 3.8) is 0 Å². The average molecular weight is 467 g/mol. The third-order valence-electron chi connectivity index (χ3n) is 7.40. The van der Waals surface area contributed by atoms with Crippen LogP contribution in [0.1, 0.15) is 91.4 Å². The first-order chi connectivity index (χ1) is 15.8. The van der Waals surface area contributed by atoms with Gasteiger partial charge in [-0.2, -0.15) is 13.2 Å². The van der Waals surface area contributed by atoms with Crippen molar-refractivity contribution in [3.8, 4) is 0 Å². The van der Waals surface area contributed by atoms with Crippen LogP contribution >= 0.6 is 0 Å². The van der Waals surface area contributed by atoms with E-state index in [1.807, 2.05) is 6.92 Å². The summed E-state index contributed by atoms with van der Waals surface area (Å²) in [7, 11) is 0. The van der Waals surface area contributed by atoms with Crippen LogP contribution in [0.2, 0.25) is 0 Å². The lowest BCUT2D eigenvalue weighted by atomic mass is 9.78. The number of likely N-dealkylation sites (N-methyl/N-ethyl adjacent to an activating group) is 1. The Hall–Kier alpha value is -1.49. The number of rotatable bonds is 11. The maximum Gasteiger partial charge on any atom is 0.412 e. The molecule has 33 heavy (non-hydrogen) atoms. The Kier molecular flexibility index (Phi) is 11.8. The predicted molar refractivity (Wildman–Crippen MR) is 134 cm³/mol. The fourth-order valence-electron chi connectivity index (χ4n) is 5.50. The average Bonchev–Trinajstić information content (AvgIpc) is 3.30. The fraction of sp³-hybridized carbons (Fsp3) is 0.714. The zero-order chi connectivity index (χ0) is 24.3. The quantitative estimate of drug-likeness (QED) is 0.303. The zero-order valence-corrected chi connectivity index (χ0v) is 20.9. The van der Waals surface area contributed by atoms with Crippen molar-refractivity contribution in [2.45, 2.75) is 97.6 Å². The normalized spacial score (nSPS) is 22.7. The first kappa shape index (κ1) is 27.8. The molecule has 2 saturated carbocycles. The lowest BCUT2D eigenvalue weighted by Crippen LogP contribution is -2.24. The molecule has 2 rings (SSSR count). The van der Waals surface area contributed by atoms with Gasteiger partial charge in [-0.05, 0) is 92.7 Å². The molecule has 0 saturated heterocycles. The highest BCUT2D eigenvalue weighted by atomic mass is 19.4. The summed E-state index contributed by atoms with van der Waals surface area (Å²) in [6.07, 6.45) is 14.4. The Balaban J connectivity index is 2.11. The van der Waals surface area contributed by atoms with Gasteiger partial charge in [0.1, 0.15) is 0 Å². The monoisotopic (exact) mass is 466 g/mol. The Labute approximate surface area is 199 Å². The second kappa shape index (κ2) is 14.0. The lowest BCUT2D eigenvalue weighted by molar-refractivity contribution is -0.100. The van der Waals surface area contributed by atoms with Gasteiger partial charge < -0.3 is 11.1 Å². The summed E-state index contributed by atoms with van der Waals surface area (Å²) < 4.78 is 41.7. The molecule has 188 valence electrons. The van der Waals surface area contributed by atoms with E-state index in [4.69, 9.17) is 5.73 Å². The molecule has 5 heteroatoms. The minimum atomic E-state index is -4.33. The van der Waals surface area contributed by atoms with Crippen LogP contribution in [0.5, 0.6) is 0 Å². The number of nitrogens with one attached hydrogen (secondary N) is 1. The maximum absolute atomic E-state index is 13.9. The van der Waals surface area contributed by atoms with Gasteiger partial charge in [-0.1, -0.05) is 64.2 Å². The van der Waals surface area contributed by atoms with Crippen LogP contribution in [0.3, 0.4) is 0 Å². The van der Waals surface area contributed by atoms with Crippen LogP contribution in [0.15, 0.2) is 46.7 Å². The smallest absolute Gasteiger partial charge is 0.404 e. The summed E-state index contributed by atoms with van der Waals surface area (Å²) in [4.78, 5) is 0. The highest BCUT2D eigenvalue weighted by molar-refractivity contribution is 5.31. The SMILES string of the molecule is CC/C=C(\C=C1CCC(/C(=C\C(=C/N)CNCC)C(F)(F)F)CC1)C(CC)CC1CCCC1. The van der Waals surface area contributed by atoms with Gasteiger partial charge in [0, 0.05) is 12.1 Å². The van der Waals surface area contributed by atoms with Gasteiger partial charge in [0.15, 0.2) is 0 Å². The molecule has 0 aromatic heterocycles. The molecule has 3 N–H and O–H groups in total. The summed E-state index contributed by atoms with van der Waals surface area (Å²) >= 11 is 0. The predicted octanol–water partition coefficient (Wildman–Crippen LogP) is 7.99. The van der Waals surface area contributed by atoms with Gasteiger partial charge in [-0.3, -0.25) is 0 Å². The van der Waals surface area contributed by atoms with Crippen LogP contribution in [0, 0.1) is 17.8 Å². The minimum Gasteiger partial charge on any atom is -0.404 e. The van der Waals surface area contributed by atoms with Crippen molar-refractivity contribution >= 4 is 0 Å². The molecule has 0 amide bonds. The van der Waals surface area contributed by atoms with E-state index in [9.17, 15) is 13.2 Å². The first-order valence-electron chi connectivity index (χ1n) is 13.1. The van der Waals surface area contributed by atoms with Gasteiger partial charge in [0.2, 0.25) is 0 Å². The Morgan fingerprint density at radius 2 is 1.76 bits per heavy atom. The third kappa shape index (κ3) is 8.99. The topological polar surface area (TPSA) is 38.0 Å². The molecule has 2 fully saturated rings. The summed E-state index contributed by atoms with van der Waals surface area (Å²) in [5, 5.41) is 3.07. The number of allylic oxidation sites excluding steroid dienone is 5. The molecule has 0 bridgehead atoms. The van der Waals surface area contributed by atoms with E-state index in [2.05, 4.69) is 31.3 Å². The van der Waals surface area contributed by atoms with Crippen molar-refractivity contribution in [1.29, 1.82) is 0 Å². The number of nitrogens with two attached hydrogens (primary N) is 1. The molecule has 2 aliphatic carbocycles. The second-order valence-electron chi connectivity index (χ2n) is 9.80. The molecule has 2 aliphatic rings. The summed E-state index contributed by atoms with van der Waals surface area (Å²) in [5.74, 6) is 0.959. The largest absolute Gasteiger partial charge is 0.412 e. The lowest BCUT2D eigenvalue weighted by Gasteiger charge is -2.29. The van der Waals surface area contributed by atoms with Crippen LogP contribution in [-0.2, 0) is 0 Å². The van der Waals surface area contributed by atoms with Gasteiger partial charge in [0.05, 0.1) is 0 Å². The first-order valence-corrected chi connectivity index (χ1v) is 13.1. The molecule has 0 aromatic rings. The summed E-state index contributed by atoms with van der Waals surface area (Å²) in [6, 6.07) is 0. The van der Waals surface area contributed by atoms with Gasteiger partial charge in [-0.15, -0.1) is 0 Å². The van der Waals surface area contributed by atoms with Gasteiger partial charge in [-0.25, -0.2) is 0 Å². The van der Waals surface area contributed by atoms with E-state index in [1.54, 1.807) is 0 Å². The van der Waals surface area contributed by atoms with Crippen molar-refractivity contribution in [2.24, 2.45) is 23.5 Å². The van der Waals surface area contributed by atoms with Crippen LogP contribution in [0.4, 0.5) is 13.2 Å². The van der Waals surface area contributed by atoms with Crippen LogP contribution in [0.25, 0.3) is 0 Å². The number of hydrogen-bond donors (Lipinski definition) is 2. The van der Waals surface area contributed by atoms with E-state index in [0.29, 0.717) is 37.4 Å². The second-order valence-corrected chi connectivity index (χ2v) is 9.80. The highest BCUT2D eigenvalue weighted by Crippen LogP contribution is 2.42. The molecular weight excluding hydrogens is 421 g/mol. The van der Waals surface area contributed by atoms with E-state index in [-0.39, 0.29) is 0 Å². The molecule has 0 aliphatic heterocycles. The molecule has 0 radical (unpaired) electrons. The van der Waals surface area contributed by atoms with Crippen molar-refractivity contribution in [1.82, 2.24) is 5.32 Å². The van der Waals surface area contributed by atoms with E-state index < -0.39 is 17.7 Å². The Bertz CT molecular complexity index is 699.